The van der Waals surface area contributed by atoms with Gasteiger partial charge < -0.3 is 0 Å². The molecule has 0 aromatic heterocycles. The summed E-state index contributed by atoms with van der Waals surface area (Å²) in [6.45, 7) is 0. The van der Waals surface area contributed by atoms with Gasteiger partial charge in [0.25, 0.3) is 0 Å². The smallest absolute Gasteiger partial charge is 0.0858 e. The van der Waals surface area contributed by atoms with E-state index in [9.17, 15) is 0 Å². The predicted octanol–water partition coefficient (Wildman–Crippen LogP) is 7.12. The lowest BCUT2D eigenvalue weighted by molar-refractivity contribution is 1.21. The van der Waals surface area contributed by atoms with Crippen LogP contribution in [0.15, 0.2) is 99.3 Å². The number of azo groups is 2. The third-order valence-electron chi connectivity index (χ3n) is 2.99. The van der Waals surface area contributed by atoms with E-state index in [1.807, 2.05) is 78.9 Å². The minimum absolute atomic E-state index is 0.780. The van der Waals surface area contributed by atoms with Gasteiger partial charge in [-0.15, -0.1) is 0 Å². The van der Waals surface area contributed by atoms with E-state index in [1.54, 1.807) is 0 Å². The monoisotopic (exact) mass is 412 g/mol. The summed E-state index contributed by atoms with van der Waals surface area (Å²) in [6.07, 6.45) is 0. The van der Waals surface area contributed by atoms with Gasteiger partial charge >= 0.3 is 0 Å². The molecule has 0 heterocycles. The van der Waals surface area contributed by atoms with E-state index in [1.165, 1.54) is 3.57 Å². The maximum absolute atomic E-state index is 4.22. The van der Waals surface area contributed by atoms with Crippen molar-refractivity contribution in [3.8, 4) is 0 Å². The Morgan fingerprint density at radius 2 is 0.783 bits per heavy atom. The molecule has 5 heteroatoms. The van der Waals surface area contributed by atoms with Crippen molar-refractivity contribution in [2.24, 2.45) is 20.5 Å². The first-order valence-electron chi connectivity index (χ1n) is 7.04. The van der Waals surface area contributed by atoms with E-state index < -0.39 is 0 Å². The predicted molar refractivity (Wildman–Crippen MR) is 100 cm³/mol. The van der Waals surface area contributed by atoms with Crippen molar-refractivity contribution in [2.75, 3.05) is 0 Å². The van der Waals surface area contributed by atoms with Gasteiger partial charge in [-0.2, -0.15) is 20.5 Å². The van der Waals surface area contributed by atoms with Gasteiger partial charge in [0, 0.05) is 3.57 Å². The third kappa shape index (κ3) is 4.79. The first-order valence-corrected chi connectivity index (χ1v) is 8.12. The molecule has 0 aliphatic heterocycles. The van der Waals surface area contributed by atoms with Crippen molar-refractivity contribution in [2.45, 2.75) is 0 Å². The molecular formula is C18H13IN4. The molecule has 3 aromatic carbocycles. The maximum atomic E-state index is 4.22. The molecule has 0 fully saturated rings. The molecule has 0 saturated carbocycles. The van der Waals surface area contributed by atoms with Crippen LogP contribution in [0.5, 0.6) is 0 Å². The summed E-state index contributed by atoms with van der Waals surface area (Å²) in [7, 11) is 0. The number of benzene rings is 3. The second-order valence-electron chi connectivity index (χ2n) is 4.73. The van der Waals surface area contributed by atoms with Crippen LogP contribution >= 0.6 is 22.6 Å². The Morgan fingerprint density at radius 1 is 0.435 bits per heavy atom. The normalized spacial score (nSPS) is 11.3. The van der Waals surface area contributed by atoms with Crippen LogP contribution in [0, 0.1) is 3.57 Å². The molecule has 3 aromatic rings. The van der Waals surface area contributed by atoms with E-state index in [0.29, 0.717) is 0 Å². The van der Waals surface area contributed by atoms with Crippen molar-refractivity contribution >= 4 is 45.3 Å². The number of hydrogen-bond donors (Lipinski definition) is 0. The maximum Gasteiger partial charge on any atom is 0.0858 e. The van der Waals surface area contributed by atoms with Crippen molar-refractivity contribution in [3.05, 3.63) is 82.4 Å². The van der Waals surface area contributed by atoms with Crippen LogP contribution in [0.3, 0.4) is 0 Å². The molecule has 0 saturated heterocycles. The standard InChI is InChI=1S/C18H13IN4/c19-14-6-8-16(9-7-14)21-23-18-12-10-17(11-13-18)22-20-15-4-2-1-3-5-15/h1-13H. The summed E-state index contributed by atoms with van der Waals surface area (Å²) < 4.78 is 1.18. The summed E-state index contributed by atoms with van der Waals surface area (Å²) in [5.74, 6) is 0. The van der Waals surface area contributed by atoms with Gasteiger partial charge in [-0.3, -0.25) is 0 Å². The van der Waals surface area contributed by atoms with Gasteiger partial charge in [-0.1, -0.05) is 18.2 Å². The number of halogens is 1. The van der Waals surface area contributed by atoms with Crippen LogP contribution < -0.4 is 0 Å². The second-order valence-corrected chi connectivity index (χ2v) is 5.97. The van der Waals surface area contributed by atoms with Crippen molar-refractivity contribution in [3.63, 3.8) is 0 Å². The molecule has 4 nitrogen and oxygen atoms in total. The van der Waals surface area contributed by atoms with Gasteiger partial charge in [0.05, 0.1) is 22.7 Å². The number of rotatable bonds is 4. The Hall–Kier alpha value is -2.41. The first kappa shape index (κ1) is 15.5. The molecule has 0 spiro atoms. The molecule has 112 valence electrons. The highest BCUT2D eigenvalue weighted by Gasteiger charge is 1.94. The Kier molecular flexibility index (Phi) is 5.21. The quantitative estimate of drug-likeness (QED) is 0.324. The molecule has 0 bridgehead atoms. The van der Waals surface area contributed by atoms with Crippen LogP contribution in [0.4, 0.5) is 22.7 Å². The lowest BCUT2D eigenvalue weighted by Gasteiger charge is -1.95. The Labute approximate surface area is 148 Å². The van der Waals surface area contributed by atoms with Crippen molar-refractivity contribution < 1.29 is 0 Å². The molecule has 0 radical (unpaired) electrons. The average molecular weight is 412 g/mol. The highest BCUT2D eigenvalue weighted by atomic mass is 127. The van der Waals surface area contributed by atoms with Gasteiger partial charge in [-0.05, 0) is 83.3 Å². The zero-order valence-electron chi connectivity index (χ0n) is 12.2. The van der Waals surface area contributed by atoms with Crippen LogP contribution in [0.25, 0.3) is 0 Å². The third-order valence-corrected chi connectivity index (χ3v) is 3.71. The van der Waals surface area contributed by atoms with E-state index >= 15 is 0 Å². The van der Waals surface area contributed by atoms with E-state index in [0.717, 1.165) is 22.7 Å². The van der Waals surface area contributed by atoms with E-state index in [4.69, 9.17) is 0 Å². The number of hydrogen-bond acceptors (Lipinski definition) is 4. The lowest BCUT2D eigenvalue weighted by atomic mass is 10.3. The number of nitrogens with zero attached hydrogens (tertiary/aromatic N) is 4. The van der Waals surface area contributed by atoms with Gasteiger partial charge in [0.1, 0.15) is 0 Å². The molecule has 3 rings (SSSR count). The van der Waals surface area contributed by atoms with Crippen molar-refractivity contribution in [1.29, 1.82) is 0 Å². The van der Waals surface area contributed by atoms with Gasteiger partial charge in [0.15, 0.2) is 0 Å². The van der Waals surface area contributed by atoms with E-state index in [2.05, 4.69) is 43.0 Å². The Bertz CT molecular complexity index is 810. The second kappa shape index (κ2) is 7.73. The topological polar surface area (TPSA) is 49.4 Å². The molecule has 0 aliphatic rings. The molecule has 0 atom stereocenters. The molecule has 0 amide bonds. The van der Waals surface area contributed by atoms with Gasteiger partial charge in [-0.25, -0.2) is 0 Å². The highest BCUT2D eigenvalue weighted by molar-refractivity contribution is 14.1. The fourth-order valence-corrected chi connectivity index (χ4v) is 2.18. The molecular weight excluding hydrogens is 399 g/mol. The summed E-state index contributed by atoms with van der Waals surface area (Å²) in [4.78, 5) is 0. The summed E-state index contributed by atoms with van der Waals surface area (Å²) in [6, 6.07) is 25.0. The van der Waals surface area contributed by atoms with Crippen LogP contribution in [0.2, 0.25) is 0 Å². The minimum atomic E-state index is 0.780. The summed E-state index contributed by atoms with van der Waals surface area (Å²) >= 11 is 2.26. The Balaban J connectivity index is 1.67. The average Bonchev–Trinajstić information content (AvgIpc) is 2.61. The molecule has 0 aliphatic carbocycles. The molecule has 23 heavy (non-hydrogen) atoms. The summed E-state index contributed by atoms with van der Waals surface area (Å²) in [5.41, 5.74) is 3.22. The Morgan fingerprint density at radius 3 is 1.22 bits per heavy atom. The van der Waals surface area contributed by atoms with Crippen LogP contribution in [-0.4, -0.2) is 0 Å². The van der Waals surface area contributed by atoms with Crippen molar-refractivity contribution in [1.82, 2.24) is 0 Å². The fourth-order valence-electron chi connectivity index (χ4n) is 1.82. The molecule has 0 N–H and O–H groups in total. The summed E-state index contributed by atoms with van der Waals surface area (Å²) in [5, 5.41) is 16.8. The highest BCUT2D eigenvalue weighted by Crippen LogP contribution is 2.23. The first-order chi connectivity index (χ1) is 11.3. The minimum Gasteiger partial charge on any atom is -0.151 e. The van der Waals surface area contributed by atoms with Gasteiger partial charge in [0.2, 0.25) is 0 Å². The lowest BCUT2D eigenvalue weighted by Crippen LogP contribution is -1.68. The fraction of sp³-hybridized carbons (Fsp3) is 0. The zero-order valence-corrected chi connectivity index (χ0v) is 14.3. The SMILES string of the molecule is Ic1ccc(N=Nc2ccc(N=Nc3ccccc3)cc2)cc1. The van der Waals surface area contributed by atoms with Crippen LogP contribution in [-0.2, 0) is 0 Å². The van der Waals surface area contributed by atoms with E-state index in [-0.39, 0.29) is 0 Å². The molecule has 0 unspecified atom stereocenters. The van der Waals surface area contributed by atoms with Crippen LogP contribution in [0.1, 0.15) is 0 Å². The largest absolute Gasteiger partial charge is 0.151 e. The zero-order chi connectivity index (χ0) is 15.9.